The van der Waals surface area contributed by atoms with Crippen molar-refractivity contribution in [3.05, 3.63) is 71.8 Å². The molecule has 1 fully saturated rings. The Morgan fingerprint density at radius 2 is 1.40 bits per heavy atom. The van der Waals surface area contributed by atoms with E-state index in [-0.39, 0.29) is 0 Å². The summed E-state index contributed by atoms with van der Waals surface area (Å²) < 4.78 is 0. The van der Waals surface area contributed by atoms with Crippen molar-refractivity contribution in [2.75, 3.05) is 26.7 Å². The number of likely N-dealkylation sites (tertiary alicyclic amines) is 1. The topological polar surface area (TPSA) is 81.1 Å². The summed E-state index contributed by atoms with van der Waals surface area (Å²) in [4.78, 5) is 23.4. The molecule has 0 unspecified atom stereocenters. The first-order valence-electron chi connectivity index (χ1n) is 10.4. The summed E-state index contributed by atoms with van der Waals surface area (Å²) in [6, 6.07) is 22.4. The highest BCUT2D eigenvalue weighted by molar-refractivity contribution is 6.27. The number of rotatable bonds is 7. The highest BCUT2D eigenvalue weighted by atomic mass is 16.4. The molecule has 0 aromatic heterocycles. The molecule has 6 heteroatoms. The zero-order valence-electron chi connectivity index (χ0n) is 17.6. The third kappa shape index (κ3) is 8.76. The standard InChI is InChI=1S/C22H30N2.C2H2O4/c1-23(19-21-11-6-3-7-12-21)22-14-17-24(18-15-22)16-8-13-20-9-4-2-5-10-20;3-1(4)2(5)6/h2-7,9-12,22H,8,13-19H2,1H3;(H,3,4)(H,5,6). The second kappa shape index (κ2) is 12.8. The van der Waals surface area contributed by atoms with Crippen LogP contribution in [0.2, 0.25) is 0 Å². The third-order valence-electron chi connectivity index (χ3n) is 5.42. The molecule has 2 aromatic rings. The van der Waals surface area contributed by atoms with E-state index in [0.717, 1.165) is 12.6 Å². The summed E-state index contributed by atoms with van der Waals surface area (Å²) in [6.07, 6.45) is 5.08. The number of aryl methyl sites for hydroxylation is 1. The number of benzene rings is 2. The Bertz CT molecular complexity index is 747. The molecule has 2 N–H and O–H groups in total. The third-order valence-corrected chi connectivity index (χ3v) is 5.42. The van der Waals surface area contributed by atoms with E-state index >= 15 is 0 Å². The van der Waals surface area contributed by atoms with Crippen molar-refractivity contribution in [2.45, 2.75) is 38.3 Å². The summed E-state index contributed by atoms with van der Waals surface area (Å²) in [5.41, 5.74) is 2.89. The SMILES string of the molecule is CN(Cc1ccccc1)C1CCN(CCCc2ccccc2)CC1.O=C(O)C(=O)O. The molecule has 30 heavy (non-hydrogen) atoms. The number of piperidine rings is 1. The van der Waals surface area contributed by atoms with Crippen LogP contribution in [0.1, 0.15) is 30.4 Å². The summed E-state index contributed by atoms with van der Waals surface area (Å²) in [6.45, 7) is 4.81. The van der Waals surface area contributed by atoms with Gasteiger partial charge in [-0.1, -0.05) is 60.7 Å². The molecule has 0 aliphatic carbocycles. The second-order valence-corrected chi connectivity index (χ2v) is 7.67. The van der Waals surface area contributed by atoms with Gasteiger partial charge in [-0.25, -0.2) is 9.59 Å². The molecule has 0 radical (unpaired) electrons. The van der Waals surface area contributed by atoms with E-state index in [1.807, 2.05) is 0 Å². The lowest BCUT2D eigenvalue weighted by molar-refractivity contribution is -0.159. The maximum atomic E-state index is 9.10. The molecule has 0 amide bonds. The fourth-order valence-electron chi connectivity index (χ4n) is 3.74. The number of carboxylic acids is 2. The summed E-state index contributed by atoms with van der Waals surface area (Å²) >= 11 is 0. The Morgan fingerprint density at radius 3 is 1.90 bits per heavy atom. The van der Waals surface area contributed by atoms with Gasteiger partial charge >= 0.3 is 11.9 Å². The number of aliphatic carboxylic acids is 2. The fourth-order valence-corrected chi connectivity index (χ4v) is 3.74. The van der Waals surface area contributed by atoms with Crippen LogP contribution in [0.4, 0.5) is 0 Å². The van der Waals surface area contributed by atoms with Gasteiger partial charge in [0.15, 0.2) is 0 Å². The Kier molecular flexibility index (Phi) is 10.0. The molecule has 1 aliphatic heterocycles. The smallest absolute Gasteiger partial charge is 0.414 e. The van der Waals surface area contributed by atoms with Gasteiger partial charge in [-0.05, 0) is 63.5 Å². The Morgan fingerprint density at radius 1 is 0.900 bits per heavy atom. The first kappa shape index (κ1) is 23.6. The predicted octanol–water partition coefficient (Wildman–Crippen LogP) is 3.37. The molecule has 1 aliphatic rings. The monoisotopic (exact) mass is 412 g/mol. The van der Waals surface area contributed by atoms with Crippen LogP contribution >= 0.6 is 0 Å². The average molecular weight is 413 g/mol. The Hall–Kier alpha value is -2.70. The van der Waals surface area contributed by atoms with Crippen LogP contribution in [-0.4, -0.2) is 64.7 Å². The van der Waals surface area contributed by atoms with Gasteiger partial charge in [-0.15, -0.1) is 0 Å². The van der Waals surface area contributed by atoms with Crippen LogP contribution in [-0.2, 0) is 22.6 Å². The van der Waals surface area contributed by atoms with Crippen LogP contribution in [0.3, 0.4) is 0 Å². The average Bonchev–Trinajstić information content (AvgIpc) is 2.76. The number of carboxylic acid groups (broad SMARTS) is 2. The number of hydrogen-bond acceptors (Lipinski definition) is 4. The molecule has 0 atom stereocenters. The van der Waals surface area contributed by atoms with Crippen molar-refractivity contribution in [1.29, 1.82) is 0 Å². The Labute approximate surface area is 178 Å². The highest BCUT2D eigenvalue weighted by Gasteiger charge is 2.22. The van der Waals surface area contributed by atoms with E-state index in [1.54, 1.807) is 0 Å². The quantitative estimate of drug-likeness (QED) is 0.679. The van der Waals surface area contributed by atoms with Crippen molar-refractivity contribution in [3.63, 3.8) is 0 Å². The van der Waals surface area contributed by atoms with E-state index in [2.05, 4.69) is 77.5 Å². The lowest BCUT2D eigenvalue weighted by Gasteiger charge is -2.36. The van der Waals surface area contributed by atoms with Crippen molar-refractivity contribution >= 4 is 11.9 Å². The van der Waals surface area contributed by atoms with Crippen molar-refractivity contribution in [3.8, 4) is 0 Å². The van der Waals surface area contributed by atoms with Crippen molar-refractivity contribution < 1.29 is 19.8 Å². The second-order valence-electron chi connectivity index (χ2n) is 7.67. The minimum absolute atomic E-state index is 0.732. The molecule has 1 heterocycles. The Balaban J connectivity index is 0.000000469. The van der Waals surface area contributed by atoms with Gasteiger partial charge < -0.3 is 15.1 Å². The highest BCUT2D eigenvalue weighted by Crippen LogP contribution is 2.18. The maximum absolute atomic E-state index is 9.10. The van der Waals surface area contributed by atoms with Gasteiger partial charge in [0, 0.05) is 12.6 Å². The molecule has 2 aromatic carbocycles. The van der Waals surface area contributed by atoms with E-state index in [4.69, 9.17) is 19.8 Å². The molecule has 1 saturated heterocycles. The number of nitrogens with zero attached hydrogens (tertiary/aromatic N) is 2. The number of hydrogen-bond donors (Lipinski definition) is 2. The van der Waals surface area contributed by atoms with Crippen LogP contribution < -0.4 is 0 Å². The van der Waals surface area contributed by atoms with Crippen LogP contribution in [0.5, 0.6) is 0 Å². The molecular formula is C24H32N2O4. The molecule has 0 saturated carbocycles. The molecule has 0 bridgehead atoms. The molecule has 0 spiro atoms. The number of carbonyl (C=O) groups is 2. The summed E-state index contributed by atoms with van der Waals surface area (Å²) in [5, 5.41) is 14.8. The molecule has 162 valence electrons. The first-order valence-corrected chi connectivity index (χ1v) is 10.4. The molecule has 6 nitrogen and oxygen atoms in total. The zero-order valence-corrected chi connectivity index (χ0v) is 17.6. The molecular weight excluding hydrogens is 380 g/mol. The van der Waals surface area contributed by atoms with Crippen molar-refractivity contribution in [1.82, 2.24) is 9.80 Å². The first-order chi connectivity index (χ1) is 14.5. The van der Waals surface area contributed by atoms with Gasteiger partial charge in [-0.2, -0.15) is 0 Å². The van der Waals surface area contributed by atoms with Crippen LogP contribution in [0.15, 0.2) is 60.7 Å². The zero-order chi connectivity index (χ0) is 21.8. The van der Waals surface area contributed by atoms with E-state index < -0.39 is 11.9 Å². The summed E-state index contributed by atoms with van der Waals surface area (Å²) in [7, 11) is 2.28. The summed E-state index contributed by atoms with van der Waals surface area (Å²) in [5.74, 6) is -3.65. The van der Waals surface area contributed by atoms with Gasteiger partial charge in [0.2, 0.25) is 0 Å². The van der Waals surface area contributed by atoms with Gasteiger partial charge in [0.25, 0.3) is 0 Å². The van der Waals surface area contributed by atoms with E-state index in [0.29, 0.717) is 0 Å². The lowest BCUT2D eigenvalue weighted by atomic mass is 10.0. The van der Waals surface area contributed by atoms with Crippen LogP contribution in [0.25, 0.3) is 0 Å². The van der Waals surface area contributed by atoms with E-state index in [1.165, 1.54) is 56.4 Å². The molecule has 3 rings (SSSR count). The minimum atomic E-state index is -1.82. The van der Waals surface area contributed by atoms with Crippen LogP contribution in [0, 0.1) is 0 Å². The van der Waals surface area contributed by atoms with Crippen molar-refractivity contribution in [2.24, 2.45) is 0 Å². The van der Waals surface area contributed by atoms with Gasteiger partial charge in [0.1, 0.15) is 0 Å². The fraction of sp³-hybridized carbons (Fsp3) is 0.417. The van der Waals surface area contributed by atoms with E-state index in [9.17, 15) is 0 Å². The predicted molar refractivity (Wildman–Crippen MR) is 117 cm³/mol. The van der Waals surface area contributed by atoms with Gasteiger partial charge in [0.05, 0.1) is 0 Å². The van der Waals surface area contributed by atoms with Gasteiger partial charge in [-0.3, -0.25) is 4.90 Å². The normalized spacial score (nSPS) is 14.7. The largest absolute Gasteiger partial charge is 0.473 e. The lowest BCUT2D eigenvalue weighted by Crippen LogP contribution is -2.43. The maximum Gasteiger partial charge on any atom is 0.414 e. The minimum Gasteiger partial charge on any atom is -0.473 e.